The molecule has 124 valence electrons. The number of rotatable bonds is 6. The van der Waals surface area contributed by atoms with E-state index in [2.05, 4.69) is 0 Å². The first-order chi connectivity index (χ1) is 10.9. The summed E-state index contributed by atoms with van der Waals surface area (Å²) in [6.45, 7) is 0.968. The second-order valence-corrected chi connectivity index (χ2v) is 5.67. The normalized spacial score (nSPS) is 13.3. The number of likely N-dealkylation sites (N-methyl/N-ethyl adjacent to an activating group) is 1. The van der Waals surface area contributed by atoms with Crippen molar-refractivity contribution in [3.05, 3.63) is 71.3 Å². The van der Waals surface area contributed by atoms with E-state index in [0.29, 0.717) is 6.54 Å². The van der Waals surface area contributed by atoms with Crippen LogP contribution in [0.15, 0.2) is 54.6 Å². The van der Waals surface area contributed by atoms with Crippen molar-refractivity contribution in [1.29, 1.82) is 0 Å². The van der Waals surface area contributed by atoms with Crippen LogP contribution in [-0.4, -0.2) is 25.5 Å². The van der Waals surface area contributed by atoms with Gasteiger partial charge in [0.25, 0.3) is 0 Å². The van der Waals surface area contributed by atoms with Crippen molar-refractivity contribution in [2.75, 3.05) is 20.6 Å². The molecule has 2 rings (SSSR count). The van der Waals surface area contributed by atoms with Crippen LogP contribution < -0.4 is 0 Å². The van der Waals surface area contributed by atoms with Crippen molar-refractivity contribution in [3.8, 4) is 0 Å². The van der Waals surface area contributed by atoms with Gasteiger partial charge in [0.1, 0.15) is 0 Å². The van der Waals surface area contributed by atoms with E-state index in [0.717, 1.165) is 23.3 Å². The molecule has 0 radical (unpaired) electrons. The maximum atomic E-state index is 12.6. The lowest BCUT2D eigenvalue weighted by atomic mass is 10.1. The highest BCUT2D eigenvalue weighted by Crippen LogP contribution is 2.29. The summed E-state index contributed by atoms with van der Waals surface area (Å²) in [5.74, 6) is 0. The van der Waals surface area contributed by atoms with E-state index in [4.69, 9.17) is 4.74 Å². The molecule has 0 heterocycles. The third-order valence-electron chi connectivity index (χ3n) is 3.43. The monoisotopic (exact) mass is 323 g/mol. The van der Waals surface area contributed by atoms with E-state index < -0.39 is 11.7 Å². The smallest absolute Gasteiger partial charge is 0.368 e. The summed E-state index contributed by atoms with van der Waals surface area (Å²) in [5.41, 5.74) is 1.12. The standard InChI is InChI=1S/C18H20F3NO/c1-22(2)12-17(15-6-4-3-5-7-15)23-13-14-8-10-16(11-9-14)18(19,20)21/h3-11,17H,12-13H2,1-2H3. The van der Waals surface area contributed by atoms with Crippen molar-refractivity contribution in [3.63, 3.8) is 0 Å². The van der Waals surface area contributed by atoms with Gasteiger partial charge in [0.05, 0.1) is 18.3 Å². The van der Waals surface area contributed by atoms with Gasteiger partial charge in [0, 0.05) is 6.54 Å². The SMILES string of the molecule is CN(C)CC(OCc1ccc(C(F)(F)F)cc1)c1ccccc1. The Labute approximate surface area is 134 Å². The predicted octanol–water partition coefficient (Wildman–Crippen LogP) is 4.52. The number of halogens is 3. The van der Waals surface area contributed by atoms with Gasteiger partial charge in [-0.2, -0.15) is 13.2 Å². The van der Waals surface area contributed by atoms with Gasteiger partial charge in [0.2, 0.25) is 0 Å². The molecule has 5 heteroatoms. The molecule has 0 bridgehead atoms. The van der Waals surface area contributed by atoms with Crippen molar-refractivity contribution >= 4 is 0 Å². The Balaban J connectivity index is 2.03. The molecular formula is C18H20F3NO. The molecule has 2 aromatic carbocycles. The van der Waals surface area contributed by atoms with Crippen LogP contribution in [0.25, 0.3) is 0 Å². The molecule has 1 atom stereocenters. The summed E-state index contributed by atoms with van der Waals surface area (Å²) in [7, 11) is 3.91. The van der Waals surface area contributed by atoms with Crippen molar-refractivity contribution < 1.29 is 17.9 Å². The van der Waals surface area contributed by atoms with Crippen LogP contribution in [0.1, 0.15) is 22.8 Å². The summed E-state index contributed by atoms with van der Waals surface area (Å²) in [4.78, 5) is 2.02. The summed E-state index contributed by atoms with van der Waals surface area (Å²) < 4.78 is 43.6. The lowest BCUT2D eigenvalue weighted by Gasteiger charge is -2.22. The minimum absolute atomic E-state index is 0.131. The average molecular weight is 323 g/mol. The third kappa shape index (κ3) is 5.37. The molecule has 0 saturated carbocycles. The molecule has 0 aliphatic rings. The molecule has 0 fully saturated rings. The molecule has 23 heavy (non-hydrogen) atoms. The molecule has 2 nitrogen and oxygen atoms in total. The molecule has 0 aliphatic carbocycles. The van der Waals surface area contributed by atoms with E-state index in [1.807, 2.05) is 49.3 Å². The second-order valence-electron chi connectivity index (χ2n) is 5.67. The summed E-state index contributed by atoms with van der Waals surface area (Å²) in [5, 5.41) is 0. The number of alkyl halides is 3. The average Bonchev–Trinajstić information content (AvgIpc) is 2.51. The minimum atomic E-state index is -4.31. The second kappa shape index (κ2) is 7.62. The Bertz CT molecular complexity index is 594. The van der Waals surface area contributed by atoms with E-state index in [9.17, 15) is 13.2 Å². The van der Waals surface area contributed by atoms with Gasteiger partial charge in [-0.15, -0.1) is 0 Å². The van der Waals surface area contributed by atoms with Crippen molar-refractivity contribution in [2.24, 2.45) is 0 Å². The molecule has 0 aromatic heterocycles. The molecule has 2 aromatic rings. The molecule has 0 amide bonds. The van der Waals surface area contributed by atoms with Crippen LogP contribution in [0.2, 0.25) is 0 Å². The summed E-state index contributed by atoms with van der Waals surface area (Å²) in [6, 6.07) is 14.9. The van der Waals surface area contributed by atoms with E-state index in [-0.39, 0.29) is 12.7 Å². The molecule has 0 spiro atoms. The highest BCUT2D eigenvalue weighted by Gasteiger charge is 2.29. The van der Waals surface area contributed by atoms with Gasteiger partial charge < -0.3 is 9.64 Å². The zero-order valence-corrected chi connectivity index (χ0v) is 13.2. The molecule has 0 aliphatic heterocycles. The number of ether oxygens (including phenoxy) is 1. The summed E-state index contributed by atoms with van der Waals surface area (Å²) >= 11 is 0. The lowest BCUT2D eigenvalue weighted by molar-refractivity contribution is -0.137. The van der Waals surface area contributed by atoms with E-state index in [1.165, 1.54) is 12.1 Å². The molecule has 0 N–H and O–H groups in total. The summed E-state index contributed by atoms with van der Waals surface area (Å²) in [6.07, 6.45) is -4.44. The zero-order chi connectivity index (χ0) is 16.9. The van der Waals surface area contributed by atoms with Crippen molar-refractivity contribution in [1.82, 2.24) is 4.90 Å². The zero-order valence-electron chi connectivity index (χ0n) is 13.2. The maximum Gasteiger partial charge on any atom is 0.416 e. The maximum absolute atomic E-state index is 12.6. The van der Waals surface area contributed by atoms with Crippen LogP contribution >= 0.6 is 0 Å². The molecule has 1 unspecified atom stereocenters. The van der Waals surface area contributed by atoms with Crippen LogP contribution in [0.4, 0.5) is 13.2 Å². The first-order valence-electron chi connectivity index (χ1n) is 7.33. The fourth-order valence-corrected chi connectivity index (χ4v) is 2.24. The van der Waals surface area contributed by atoms with Gasteiger partial charge in [-0.3, -0.25) is 0 Å². The highest BCUT2D eigenvalue weighted by atomic mass is 19.4. The molecular weight excluding hydrogens is 303 g/mol. The Hall–Kier alpha value is -1.85. The van der Waals surface area contributed by atoms with Crippen LogP contribution in [0.5, 0.6) is 0 Å². The number of benzene rings is 2. The van der Waals surface area contributed by atoms with Gasteiger partial charge in [0.15, 0.2) is 0 Å². The fraction of sp³-hybridized carbons (Fsp3) is 0.333. The largest absolute Gasteiger partial charge is 0.416 e. The quantitative estimate of drug-likeness (QED) is 0.775. The Morgan fingerprint density at radius 2 is 1.57 bits per heavy atom. The first-order valence-corrected chi connectivity index (χ1v) is 7.33. The number of hydrogen-bond donors (Lipinski definition) is 0. The van der Waals surface area contributed by atoms with Gasteiger partial charge >= 0.3 is 6.18 Å². The van der Waals surface area contributed by atoms with Gasteiger partial charge in [-0.25, -0.2) is 0 Å². The van der Waals surface area contributed by atoms with Gasteiger partial charge in [-0.05, 0) is 37.4 Å². The Morgan fingerprint density at radius 3 is 2.09 bits per heavy atom. The third-order valence-corrected chi connectivity index (χ3v) is 3.43. The van der Waals surface area contributed by atoms with Crippen LogP contribution in [0, 0.1) is 0 Å². The van der Waals surface area contributed by atoms with Crippen LogP contribution in [0.3, 0.4) is 0 Å². The fourth-order valence-electron chi connectivity index (χ4n) is 2.24. The highest BCUT2D eigenvalue weighted by molar-refractivity contribution is 5.24. The van der Waals surface area contributed by atoms with E-state index >= 15 is 0 Å². The van der Waals surface area contributed by atoms with E-state index in [1.54, 1.807) is 0 Å². The lowest BCUT2D eigenvalue weighted by Crippen LogP contribution is -2.22. The Morgan fingerprint density at radius 1 is 0.957 bits per heavy atom. The predicted molar refractivity (Wildman–Crippen MR) is 84.0 cm³/mol. The van der Waals surface area contributed by atoms with Crippen LogP contribution in [-0.2, 0) is 17.5 Å². The number of hydrogen-bond acceptors (Lipinski definition) is 2. The molecule has 0 saturated heterocycles. The topological polar surface area (TPSA) is 12.5 Å². The number of nitrogens with zero attached hydrogens (tertiary/aromatic N) is 1. The first kappa shape index (κ1) is 17.5. The Kier molecular flexibility index (Phi) is 5.80. The van der Waals surface area contributed by atoms with Crippen molar-refractivity contribution in [2.45, 2.75) is 18.9 Å². The van der Waals surface area contributed by atoms with Gasteiger partial charge in [-0.1, -0.05) is 42.5 Å². The minimum Gasteiger partial charge on any atom is -0.368 e.